The Hall–Kier alpha value is -0.600. The zero-order chi connectivity index (χ0) is 8.69. The molecule has 0 spiro atoms. The van der Waals surface area contributed by atoms with E-state index in [1.54, 1.807) is 6.92 Å². The molecule has 1 atom stereocenters. The average molecular weight is 156 g/mol. The third kappa shape index (κ3) is 5.83. The second kappa shape index (κ2) is 6.13. The number of hydrogen-bond acceptors (Lipinski definition) is 2. The van der Waals surface area contributed by atoms with Gasteiger partial charge in [-0.1, -0.05) is 25.7 Å². The van der Waals surface area contributed by atoms with Gasteiger partial charge in [0.05, 0.1) is 6.61 Å². The molecule has 0 bridgehead atoms. The van der Waals surface area contributed by atoms with Crippen molar-refractivity contribution in [2.75, 3.05) is 6.61 Å². The molecule has 0 saturated carbocycles. The average Bonchev–Trinajstić information content (AvgIpc) is 1.97. The van der Waals surface area contributed by atoms with E-state index in [4.69, 9.17) is 9.84 Å². The third-order valence-corrected chi connectivity index (χ3v) is 1.17. The van der Waals surface area contributed by atoms with Gasteiger partial charge in [-0.25, -0.2) is 0 Å². The van der Waals surface area contributed by atoms with Gasteiger partial charge in [0.2, 0.25) is 0 Å². The predicted molar refractivity (Wildman–Crippen MR) is 46.2 cm³/mol. The van der Waals surface area contributed by atoms with Gasteiger partial charge in [0.15, 0.2) is 6.29 Å². The van der Waals surface area contributed by atoms with E-state index in [2.05, 4.69) is 6.58 Å². The number of ether oxygens (including phenoxy) is 1. The topological polar surface area (TPSA) is 29.5 Å². The van der Waals surface area contributed by atoms with Crippen LogP contribution in [0.4, 0.5) is 0 Å². The van der Waals surface area contributed by atoms with Crippen LogP contribution in [0.5, 0.6) is 0 Å². The van der Waals surface area contributed by atoms with E-state index >= 15 is 0 Å². The smallest absolute Gasteiger partial charge is 0.176 e. The van der Waals surface area contributed by atoms with Crippen LogP contribution in [0.25, 0.3) is 0 Å². The summed E-state index contributed by atoms with van der Waals surface area (Å²) in [5, 5.41) is 9.07. The van der Waals surface area contributed by atoms with E-state index in [1.807, 2.05) is 19.1 Å². The molecule has 0 aliphatic heterocycles. The lowest BCUT2D eigenvalue weighted by Crippen LogP contribution is -2.12. The van der Waals surface area contributed by atoms with Crippen LogP contribution >= 0.6 is 0 Å². The van der Waals surface area contributed by atoms with Crippen molar-refractivity contribution in [3.05, 3.63) is 24.3 Å². The Morgan fingerprint density at radius 1 is 1.64 bits per heavy atom. The number of aliphatic hydroxyl groups is 1. The van der Waals surface area contributed by atoms with Gasteiger partial charge < -0.3 is 9.84 Å². The molecule has 0 aromatic heterocycles. The molecule has 0 aliphatic carbocycles. The number of allylic oxidation sites excluding steroid dienone is 1. The third-order valence-electron chi connectivity index (χ3n) is 1.17. The van der Waals surface area contributed by atoms with Gasteiger partial charge in [-0.05, 0) is 18.9 Å². The summed E-state index contributed by atoms with van der Waals surface area (Å²) in [4.78, 5) is 0. The molecular weight excluding hydrogens is 140 g/mol. The Balaban J connectivity index is 3.38. The van der Waals surface area contributed by atoms with Gasteiger partial charge in [0.25, 0.3) is 0 Å². The molecule has 1 N–H and O–H groups in total. The minimum atomic E-state index is -0.823. The SMILES string of the molecule is C=C(C)C(O)OCC=CCC. The molecule has 0 fully saturated rings. The normalized spacial score (nSPS) is 13.7. The van der Waals surface area contributed by atoms with Crippen LogP contribution in [-0.2, 0) is 4.74 Å². The van der Waals surface area contributed by atoms with E-state index in [0.29, 0.717) is 12.2 Å². The Labute approximate surface area is 68.2 Å². The van der Waals surface area contributed by atoms with Gasteiger partial charge in [-0.2, -0.15) is 0 Å². The van der Waals surface area contributed by atoms with Crippen LogP contribution in [0.3, 0.4) is 0 Å². The second-order valence-corrected chi connectivity index (χ2v) is 2.41. The maximum atomic E-state index is 9.07. The van der Waals surface area contributed by atoms with Crippen molar-refractivity contribution in [2.24, 2.45) is 0 Å². The minimum absolute atomic E-state index is 0.446. The highest BCUT2D eigenvalue weighted by atomic mass is 16.6. The summed E-state index contributed by atoms with van der Waals surface area (Å²) in [6.45, 7) is 7.78. The molecule has 64 valence electrons. The fourth-order valence-corrected chi connectivity index (χ4v) is 0.524. The fourth-order valence-electron chi connectivity index (χ4n) is 0.524. The maximum absolute atomic E-state index is 9.07. The maximum Gasteiger partial charge on any atom is 0.176 e. The van der Waals surface area contributed by atoms with Crippen LogP contribution in [0.2, 0.25) is 0 Å². The van der Waals surface area contributed by atoms with Crippen molar-refractivity contribution in [1.29, 1.82) is 0 Å². The number of aliphatic hydroxyl groups excluding tert-OH is 1. The van der Waals surface area contributed by atoms with Crippen LogP contribution in [-0.4, -0.2) is 18.0 Å². The molecule has 2 heteroatoms. The summed E-state index contributed by atoms with van der Waals surface area (Å²) in [5.41, 5.74) is 0.634. The Kier molecular flexibility index (Phi) is 5.80. The lowest BCUT2D eigenvalue weighted by Gasteiger charge is -2.08. The largest absolute Gasteiger partial charge is 0.364 e. The first-order valence-electron chi connectivity index (χ1n) is 3.78. The molecular formula is C9H16O2. The molecule has 0 radical (unpaired) electrons. The minimum Gasteiger partial charge on any atom is -0.364 e. The van der Waals surface area contributed by atoms with Crippen molar-refractivity contribution >= 4 is 0 Å². The summed E-state index contributed by atoms with van der Waals surface area (Å²) >= 11 is 0. The zero-order valence-electron chi connectivity index (χ0n) is 7.21. The van der Waals surface area contributed by atoms with Crippen LogP contribution in [0, 0.1) is 0 Å². The van der Waals surface area contributed by atoms with E-state index < -0.39 is 6.29 Å². The van der Waals surface area contributed by atoms with Crippen molar-refractivity contribution in [1.82, 2.24) is 0 Å². The molecule has 0 aromatic rings. The van der Waals surface area contributed by atoms with Crippen molar-refractivity contribution < 1.29 is 9.84 Å². The molecule has 0 rings (SSSR count). The number of rotatable bonds is 5. The quantitative estimate of drug-likeness (QED) is 0.486. The Morgan fingerprint density at radius 3 is 2.73 bits per heavy atom. The van der Waals surface area contributed by atoms with Gasteiger partial charge in [0.1, 0.15) is 0 Å². The van der Waals surface area contributed by atoms with Gasteiger partial charge >= 0.3 is 0 Å². The summed E-state index contributed by atoms with van der Waals surface area (Å²) in [6, 6.07) is 0. The summed E-state index contributed by atoms with van der Waals surface area (Å²) < 4.78 is 4.97. The second-order valence-electron chi connectivity index (χ2n) is 2.41. The predicted octanol–water partition coefficient (Wildman–Crippen LogP) is 1.86. The molecule has 1 unspecified atom stereocenters. The van der Waals surface area contributed by atoms with Gasteiger partial charge in [0, 0.05) is 0 Å². The molecule has 0 saturated heterocycles. The monoisotopic (exact) mass is 156 g/mol. The molecule has 2 nitrogen and oxygen atoms in total. The Morgan fingerprint density at radius 2 is 2.27 bits per heavy atom. The van der Waals surface area contributed by atoms with E-state index in [0.717, 1.165) is 6.42 Å². The lowest BCUT2D eigenvalue weighted by molar-refractivity contribution is -0.0603. The van der Waals surface area contributed by atoms with E-state index in [-0.39, 0.29) is 0 Å². The summed E-state index contributed by atoms with van der Waals surface area (Å²) in [7, 11) is 0. The van der Waals surface area contributed by atoms with E-state index in [1.165, 1.54) is 0 Å². The molecule has 11 heavy (non-hydrogen) atoms. The Bertz CT molecular complexity index is 138. The standard InChI is InChI=1S/C9H16O2/c1-4-5-6-7-11-9(10)8(2)3/h5-6,9-10H,2,4,7H2,1,3H3. The first kappa shape index (κ1) is 10.4. The first-order valence-corrected chi connectivity index (χ1v) is 3.78. The highest BCUT2D eigenvalue weighted by molar-refractivity contribution is 4.92. The van der Waals surface area contributed by atoms with Crippen molar-refractivity contribution in [2.45, 2.75) is 26.6 Å². The van der Waals surface area contributed by atoms with Gasteiger partial charge in [-0.15, -0.1) is 0 Å². The summed E-state index contributed by atoms with van der Waals surface area (Å²) in [6.07, 6.45) is 4.04. The molecule has 0 aliphatic rings. The first-order chi connectivity index (χ1) is 5.18. The van der Waals surface area contributed by atoms with Crippen LogP contribution in [0.15, 0.2) is 24.3 Å². The van der Waals surface area contributed by atoms with E-state index in [9.17, 15) is 0 Å². The number of hydrogen-bond donors (Lipinski definition) is 1. The summed E-state index contributed by atoms with van der Waals surface area (Å²) in [5.74, 6) is 0. The van der Waals surface area contributed by atoms with Crippen LogP contribution < -0.4 is 0 Å². The molecule has 0 aromatic carbocycles. The molecule has 0 amide bonds. The van der Waals surface area contributed by atoms with Crippen LogP contribution in [0.1, 0.15) is 20.3 Å². The molecule has 0 heterocycles. The highest BCUT2D eigenvalue weighted by Gasteiger charge is 2.00. The van der Waals surface area contributed by atoms with Gasteiger partial charge in [-0.3, -0.25) is 0 Å². The highest BCUT2D eigenvalue weighted by Crippen LogP contribution is 1.98. The van der Waals surface area contributed by atoms with Crippen molar-refractivity contribution in [3.8, 4) is 0 Å². The lowest BCUT2D eigenvalue weighted by atomic mass is 10.3. The zero-order valence-corrected chi connectivity index (χ0v) is 7.21. The fraction of sp³-hybridized carbons (Fsp3) is 0.556. The van der Waals surface area contributed by atoms with Crippen molar-refractivity contribution in [3.63, 3.8) is 0 Å².